The van der Waals surface area contributed by atoms with Crippen molar-refractivity contribution in [1.82, 2.24) is 4.57 Å². The van der Waals surface area contributed by atoms with E-state index in [4.69, 9.17) is 16.2 Å². The second-order valence-corrected chi connectivity index (χ2v) is 5.23. The highest BCUT2D eigenvalue weighted by Crippen LogP contribution is 2.40. The van der Waals surface area contributed by atoms with Crippen LogP contribution in [0.25, 0.3) is 11.1 Å². The third kappa shape index (κ3) is 2.89. The summed E-state index contributed by atoms with van der Waals surface area (Å²) in [4.78, 5) is 11.6. The molecule has 5 nitrogen and oxygen atoms in total. The monoisotopic (exact) mass is 307 g/mol. The van der Waals surface area contributed by atoms with Gasteiger partial charge in [0.1, 0.15) is 5.75 Å². The lowest BCUT2D eigenvalue weighted by Gasteiger charge is -2.15. The lowest BCUT2D eigenvalue weighted by molar-refractivity contribution is 0.487. The normalized spacial score (nSPS) is 10.5. The molecular formula is C18H17N3O2. The fraction of sp³-hybridized carbons (Fsp3) is 0.0556. The van der Waals surface area contributed by atoms with Crippen molar-refractivity contribution in [1.29, 1.82) is 0 Å². The van der Waals surface area contributed by atoms with Crippen molar-refractivity contribution in [2.24, 2.45) is 7.05 Å². The van der Waals surface area contributed by atoms with Gasteiger partial charge in [-0.15, -0.1) is 0 Å². The molecule has 0 unspecified atom stereocenters. The average molecular weight is 307 g/mol. The van der Waals surface area contributed by atoms with E-state index in [0.717, 1.165) is 11.1 Å². The lowest BCUT2D eigenvalue weighted by atomic mass is 10.0. The number of rotatable bonds is 3. The minimum Gasteiger partial charge on any atom is -0.454 e. The van der Waals surface area contributed by atoms with E-state index in [0.29, 0.717) is 22.9 Å². The number of hydrogen-bond acceptors (Lipinski definition) is 4. The Morgan fingerprint density at radius 3 is 2.39 bits per heavy atom. The molecule has 2 aromatic carbocycles. The van der Waals surface area contributed by atoms with Crippen molar-refractivity contribution in [2.75, 3.05) is 11.5 Å². The molecule has 1 aromatic heterocycles. The Labute approximate surface area is 133 Å². The third-order valence-electron chi connectivity index (χ3n) is 3.59. The van der Waals surface area contributed by atoms with Crippen molar-refractivity contribution < 1.29 is 4.74 Å². The molecule has 0 spiro atoms. The lowest BCUT2D eigenvalue weighted by Crippen LogP contribution is -2.14. The number of nitrogens with two attached hydrogens (primary N) is 2. The van der Waals surface area contributed by atoms with Crippen molar-refractivity contribution in [2.45, 2.75) is 0 Å². The molecular weight excluding hydrogens is 290 g/mol. The standard InChI is InChI=1S/C18H17N3O2/c1-21-11-12(7-10-16(21)22)14-8-9-15(19)17(20)18(14)23-13-5-3-2-4-6-13/h2-11H,19-20H2,1H3. The Bertz CT molecular complexity index is 902. The molecule has 0 radical (unpaired) electrons. The number of aryl methyl sites for hydroxylation is 1. The number of para-hydroxylation sites is 1. The molecule has 0 bridgehead atoms. The molecule has 0 atom stereocenters. The summed E-state index contributed by atoms with van der Waals surface area (Å²) >= 11 is 0. The molecule has 0 saturated heterocycles. The second-order valence-electron chi connectivity index (χ2n) is 5.23. The number of ether oxygens (including phenoxy) is 1. The first-order valence-corrected chi connectivity index (χ1v) is 7.14. The van der Waals surface area contributed by atoms with Crippen LogP contribution in [-0.2, 0) is 7.05 Å². The van der Waals surface area contributed by atoms with Crippen LogP contribution < -0.4 is 21.8 Å². The Morgan fingerprint density at radius 2 is 1.70 bits per heavy atom. The molecule has 0 aliphatic heterocycles. The zero-order valence-corrected chi connectivity index (χ0v) is 12.7. The summed E-state index contributed by atoms with van der Waals surface area (Å²) in [7, 11) is 1.70. The zero-order valence-electron chi connectivity index (χ0n) is 12.7. The van der Waals surface area contributed by atoms with Crippen LogP contribution >= 0.6 is 0 Å². The van der Waals surface area contributed by atoms with E-state index in [2.05, 4.69) is 0 Å². The van der Waals surface area contributed by atoms with Crippen LogP contribution in [0.15, 0.2) is 65.6 Å². The van der Waals surface area contributed by atoms with Crippen molar-refractivity contribution >= 4 is 11.4 Å². The fourth-order valence-electron chi connectivity index (χ4n) is 2.31. The molecule has 0 aliphatic rings. The van der Waals surface area contributed by atoms with Gasteiger partial charge in [-0.2, -0.15) is 0 Å². The highest BCUT2D eigenvalue weighted by atomic mass is 16.5. The van der Waals surface area contributed by atoms with Gasteiger partial charge in [0.15, 0.2) is 5.75 Å². The minimum atomic E-state index is -0.0808. The van der Waals surface area contributed by atoms with Crippen LogP contribution in [0, 0.1) is 0 Å². The van der Waals surface area contributed by atoms with Gasteiger partial charge in [0.05, 0.1) is 11.4 Å². The Morgan fingerprint density at radius 1 is 0.957 bits per heavy atom. The predicted octanol–water partition coefficient (Wildman–Crippen LogP) is 3.01. The molecule has 0 aliphatic carbocycles. The van der Waals surface area contributed by atoms with Crippen LogP contribution in [0.4, 0.5) is 11.4 Å². The smallest absolute Gasteiger partial charge is 0.250 e. The van der Waals surface area contributed by atoms with Gasteiger partial charge in [-0.25, -0.2) is 0 Å². The molecule has 3 aromatic rings. The summed E-state index contributed by atoms with van der Waals surface area (Å²) in [6.07, 6.45) is 1.74. The largest absolute Gasteiger partial charge is 0.454 e. The SMILES string of the molecule is Cn1cc(-c2ccc(N)c(N)c2Oc2ccccc2)ccc1=O. The van der Waals surface area contributed by atoms with Crippen LogP contribution in [0.5, 0.6) is 11.5 Å². The molecule has 0 amide bonds. The van der Waals surface area contributed by atoms with Crippen LogP contribution in [0.3, 0.4) is 0 Å². The highest BCUT2D eigenvalue weighted by molar-refractivity contribution is 5.84. The average Bonchev–Trinajstić information content (AvgIpc) is 2.56. The van der Waals surface area contributed by atoms with Crippen LogP contribution in [0.1, 0.15) is 0 Å². The van der Waals surface area contributed by atoms with Gasteiger partial charge in [-0.1, -0.05) is 18.2 Å². The third-order valence-corrected chi connectivity index (χ3v) is 3.59. The number of aromatic nitrogens is 1. The zero-order chi connectivity index (χ0) is 16.4. The predicted molar refractivity (Wildman–Crippen MR) is 92.5 cm³/mol. The van der Waals surface area contributed by atoms with E-state index >= 15 is 0 Å². The van der Waals surface area contributed by atoms with Gasteiger partial charge < -0.3 is 20.8 Å². The maximum absolute atomic E-state index is 11.6. The van der Waals surface area contributed by atoms with Gasteiger partial charge in [-0.3, -0.25) is 4.79 Å². The van der Waals surface area contributed by atoms with Gasteiger partial charge in [-0.05, 0) is 30.3 Å². The number of hydrogen-bond donors (Lipinski definition) is 2. The first kappa shape index (κ1) is 14.7. The van der Waals surface area contributed by atoms with Gasteiger partial charge >= 0.3 is 0 Å². The first-order chi connectivity index (χ1) is 11.1. The van der Waals surface area contributed by atoms with Crippen molar-refractivity contribution in [3.05, 3.63) is 71.1 Å². The second kappa shape index (κ2) is 5.88. The Kier molecular flexibility index (Phi) is 3.76. The van der Waals surface area contributed by atoms with Crippen molar-refractivity contribution in [3.63, 3.8) is 0 Å². The molecule has 0 saturated carbocycles. The molecule has 116 valence electrons. The van der Waals surface area contributed by atoms with Crippen LogP contribution in [-0.4, -0.2) is 4.57 Å². The van der Waals surface area contributed by atoms with Crippen molar-refractivity contribution in [3.8, 4) is 22.6 Å². The summed E-state index contributed by atoms with van der Waals surface area (Å²) in [6, 6.07) is 16.2. The van der Waals surface area contributed by atoms with E-state index in [1.807, 2.05) is 36.4 Å². The van der Waals surface area contributed by atoms with E-state index < -0.39 is 0 Å². The summed E-state index contributed by atoms with van der Waals surface area (Å²) in [5.41, 5.74) is 14.4. The summed E-state index contributed by atoms with van der Waals surface area (Å²) in [5, 5.41) is 0. The molecule has 0 fully saturated rings. The maximum Gasteiger partial charge on any atom is 0.250 e. The van der Waals surface area contributed by atoms with E-state index in [-0.39, 0.29) is 5.56 Å². The Hall–Kier alpha value is -3.21. The molecule has 23 heavy (non-hydrogen) atoms. The summed E-state index contributed by atoms with van der Waals surface area (Å²) in [6.45, 7) is 0. The van der Waals surface area contributed by atoms with E-state index in [1.54, 1.807) is 25.4 Å². The number of nitrogens with zero attached hydrogens (tertiary/aromatic N) is 1. The Balaban J connectivity index is 2.15. The van der Waals surface area contributed by atoms with E-state index in [9.17, 15) is 4.79 Å². The number of pyridine rings is 1. The minimum absolute atomic E-state index is 0.0808. The van der Waals surface area contributed by atoms with Gasteiger partial charge in [0.2, 0.25) is 5.56 Å². The van der Waals surface area contributed by atoms with Crippen LogP contribution in [0.2, 0.25) is 0 Å². The summed E-state index contributed by atoms with van der Waals surface area (Å²) in [5.74, 6) is 1.14. The van der Waals surface area contributed by atoms with Gasteiger partial charge in [0.25, 0.3) is 0 Å². The number of nitrogen functional groups attached to an aromatic ring is 2. The first-order valence-electron chi connectivity index (χ1n) is 7.14. The topological polar surface area (TPSA) is 83.3 Å². The number of benzene rings is 2. The molecule has 1 heterocycles. The summed E-state index contributed by atoms with van der Waals surface area (Å²) < 4.78 is 7.46. The quantitative estimate of drug-likeness (QED) is 0.729. The molecule has 4 N–H and O–H groups in total. The maximum atomic E-state index is 11.6. The van der Waals surface area contributed by atoms with Gasteiger partial charge in [0, 0.05) is 30.4 Å². The fourth-order valence-corrected chi connectivity index (χ4v) is 2.31. The highest BCUT2D eigenvalue weighted by Gasteiger charge is 2.14. The van der Waals surface area contributed by atoms with E-state index in [1.165, 1.54) is 10.6 Å². The number of anilines is 2. The molecule has 5 heteroatoms. The molecule has 3 rings (SSSR count).